The molecule has 0 fully saturated rings. The highest BCUT2D eigenvalue weighted by Gasteiger charge is 2.12. The summed E-state index contributed by atoms with van der Waals surface area (Å²) in [7, 11) is 0. The van der Waals surface area contributed by atoms with E-state index < -0.39 is 5.56 Å². The van der Waals surface area contributed by atoms with E-state index in [1.54, 1.807) is 4.57 Å². The molecule has 0 saturated carbocycles. The lowest BCUT2D eigenvalue weighted by Crippen LogP contribution is -2.10. The van der Waals surface area contributed by atoms with Crippen molar-refractivity contribution in [3.63, 3.8) is 0 Å². The predicted octanol–water partition coefficient (Wildman–Crippen LogP) is 0.0546. The fourth-order valence-electron chi connectivity index (χ4n) is 0.977. The first kappa shape index (κ1) is 6.72. The van der Waals surface area contributed by atoms with E-state index in [-0.39, 0.29) is 5.75 Å². The van der Waals surface area contributed by atoms with Crippen LogP contribution in [0, 0.1) is 0 Å². The largest absolute Gasteiger partial charge is 0.502 e. The van der Waals surface area contributed by atoms with Crippen molar-refractivity contribution in [2.24, 2.45) is 0 Å². The molecule has 0 amide bonds. The molecule has 0 aliphatic carbocycles. The van der Waals surface area contributed by atoms with E-state index in [0.29, 0.717) is 5.16 Å². The van der Waals surface area contributed by atoms with Gasteiger partial charge < -0.3 is 9.67 Å². The van der Waals surface area contributed by atoms with Gasteiger partial charge in [-0.1, -0.05) is 11.8 Å². The summed E-state index contributed by atoms with van der Waals surface area (Å²) in [6, 6.07) is 0. The summed E-state index contributed by atoms with van der Waals surface area (Å²) in [5, 5.41) is 9.68. The van der Waals surface area contributed by atoms with Gasteiger partial charge in [0, 0.05) is 12.3 Å². The molecule has 0 aromatic carbocycles. The Bertz CT molecular complexity index is 347. The van der Waals surface area contributed by atoms with Crippen LogP contribution in [0.15, 0.2) is 16.1 Å². The monoisotopic (exact) mass is 170 g/mol. The molecule has 0 spiro atoms. The van der Waals surface area contributed by atoms with E-state index in [2.05, 4.69) is 4.98 Å². The molecule has 2 rings (SSSR count). The molecule has 11 heavy (non-hydrogen) atoms. The van der Waals surface area contributed by atoms with Gasteiger partial charge in [0.25, 0.3) is 0 Å². The molecule has 4 nitrogen and oxygen atoms in total. The zero-order valence-corrected chi connectivity index (χ0v) is 6.47. The first-order chi connectivity index (χ1) is 5.27. The van der Waals surface area contributed by atoms with Crippen molar-refractivity contribution in [3.05, 3.63) is 16.6 Å². The number of thioether (sulfide) groups is 1. The van der Waals surface area contributed by atoms with Gasteiger partial charge in [-0.25, -0.2) is 0 Å². The van der Waals surface area contributed by atoms with Crippen LogP contribution in [0.4, 0.5) is 0 Å². The van der Waals surface area contributed by atoms with Gasteiger partial charge in [0.15, 0.2) is 10.9 Å². The van der Waals surface area contributed by atoms with Crippen molar-refractivity contribution >= 4 is 11.8 Å². The molecule has 0 bridgehead atoms. The van der Waals surface area contributed by atoms with E-state index in [4.69, 9.17) is 5.11 Å². The number of hydrogen-bond donors (Lipinski definition) is 1. The van der Waals surface area contributed by atoms with Crippen LogP contribution in [0.2, 0.25) is 0 Å². The molecular formula is C6H6N2O2S. The van der Waals surface area contributed by atoms with Crippen molar-refractivity contribution < 1.29 is 5.11 Å². The Balaban J connectivity index is 2.66. The third-order valence-electron chi connectivity index (χ3n) is 1.50. The topological polar surface area (TPSA) is 55.1 Å². The maximum Gasteiger partial charge on any atom is 0.315 e. The van der Waals surface area contributed by atoms with Gasteiger partial charge in [0.05, 0.1) is 6.20 Å². The molecule has 0 atom stereocenters. The van der Waals surface area contributed by atoms with Gasteiger partial charge in [-0.05, 0) is 0 Å². The molecule has 2 heterocycles. The summed E-state index contributed by atoms with van der Waals surface area (Å²) in [6.45, 7) is 0.820. The Morgan fingerprint density at radius 3 is 3.36 bits per heavy atom. The summed E-state index contributed by atoms with van der Waals surface area (Å²) in [6.07, 6.45) is 1.44. The molecule has 58 valence electrons. The molecule has 1 N–H and O–H groups in total. The maximum atomic E-state index is 10.8. The predicted molar refractivity (Wildman–Crippen MR) is 40.9 cm³/mol. The summed E-state index contributed by atoms with van der Waals surface area (Å²) >= 11 is 1.53. The first-order valence-electron chi connectivity index (χ1n) is 3.20. The van der Waals surface area contributed by atoms with Crippen LogP contribution in [0.1, 0.15) is 0 Å². The number of rotatable bonds is 0. The van der Waals surface area contributed by atoms with E-state index in [9.17, 15) is 4.79 Å². The quantitative estimate of drug-likeness (QED) is 0.559. The number of aryl methyl sites for hydroxylation is 1. The lowest BCUT2D eigenvalue weighted by atomic mass is 10.5. The van der Waals surface area contributed by atoms with Crippen LogP contribution in [0.3, 0.4) is 0 Å². The zero-order chi connectivity index (χ0) is 7.84. The lowest BCUT2D eigenvalue weighted by molar-refractivity contribution is 0.450. The van der Waals surface area contributed by atoms with E-state index in [1.165, 1.54) is 18.0 Å². The summed E-state index contributed by atoms with van der Waals surface area (Å²) in [5.74, 6) is 0.659. The first-order valence-corrected chi connectivity index (χ1v) is 4.19. The Labute approximate surface area is 66.9 Å². The van der Waals surface area contributed by atoms with Crippen LogP contribution >= 0.6 is 11.8 Å². The normalized spacial score (nSPS) is 14.9. The number of aromatic hydroxyl groups is 1. The van der Waals surface area contributed by atoms with E-state index >= 15 is 0 Å². The maximum absolute atomic E-state index is 10.8. The molecular weight excluding hydrogens is 164 g/mol. The van der Waals surface area contributed by atoms with Gasteiger partial charge >= 0.3 is 5.56 Å². The average Bonchev–Trinajstić information content (AvgIpc) is 2.36. The number of nitrogens with zero attached hydrogens (tertiary/aromatic N) is 2. The molecule has 0 unspecified atom stereocenters. The number of fused-ring (bicyclic) bond motifs is 1. The molecule has 0 saturated heterocycles. The lowest BCUT2D eigenvalue weighted by Gasteiger charge is -1.99. The fraction of sp³-hybridized carbons (Fsp3) is 0.333. The zero-order valence-electron chi connectivity index (χ0n) is 5.65. The summed E-state index contributed by atoms with van der Waals surface area (Å²) in [5.41, 5.74) is -0.536. The van der Waals surface area contributed by atoms with Crippen LogP contribution < -0.4 is 5.56 Å². The summed E-state index contributed by atoms with van der Waals surface area (Å²) < 4.78 is 1.78. The molecule has 1 aliphatic heterocycles. The van der Waals surface area contributed by atoms with Crippen molar-refractivity contribution in [3.8, 4) is 5.75 Å². The second kappa shape index (κ2) is 2.27. The highest BCUT2D eigenvalue weighted by Crippen LogP contribution is 2.22. The highest BCUT2D eigenvalue weighted by atomic mass is 32.2. The van der Waals surface area contributed by atoms with Crippen LogP contribution in [-0.2, 0) is 6.54 Å². The van der Waals surface area contributed by atoms with E-state index in [1.807, 2.05) is 0 Å². The average molecular weight is 170 g/mol. The van der Waals surface area contributed by atoms with Crippen molar-refractivity contribution in [2.75, 3.05) is 5.75 Å². The summed E-state index contributed by atoms with van der Waals surface area (Å²) in [4.78, 5) is 14.5. The second-order valence-electron chi connectivity index (χ2n) is 2.26. The molecule has 1 aromatic heterocycles. The Morgan fingerprint density at radius 1 is 1.73 bits per heavy atom. The smallest absolute Gasteiger partial charge is 0.315 e. The van der Waals surface area contributed by atoms with Crippen LogP contribution in [-0.4, -0.2) is 20.4 Å². The van der Waals surface area contributed by atoms with Gasteiger partial charge in [-0.2, -0.15) is 4.98 Å². The van der Waals surface area contributed by atoms with Crippen molar-refractivity contribution in [1.82, 2.24) is 9.55 Å². The number of aromatic nitrogens is 2. The van der Waals surface area contributed by atoms with Gasteiger partial charge in [0.2, 0.25) is 0 Å². The Hall–Kier alpha value is -0.970. The van der Waals surface area contributed by atoms with Gasteiger partial charge in [0.1, 0.15) is 0 Å². The highest BCUT2D eigenvalue weighted by molar-refractivity contribution is 7.99. The Kier molecular flexibility index (Phi) is 1.38. The van der Waals surface area contributed by atoms with Crippen molar-refractivity contribution in [1.29, 1.82) is 0 Å². The molecule has 1 aromatic rings. The van der Waals surface area contributed by atoms with Crippen LogP contribution in [0.5, 0.6) is 5.75 Å². The van der Waals surface area contributed by atoms with Gasteiger partial charge in [-0.3, -0.25) is 4.79 Å². The molecule has 1 aliphatic rings. The Morgan fingerprint density at radius 2 is 2.55 bits per heavy atom. The SMILES string of the molecule is O=c1nc2n(cc1O)CCS2. The third kappa shape index (κ3) is 1.01. The molecule has 0 radical (unpaired) electrons. The number of hydrogen-bond acceptors (Lipinski definition) is 4. The second-order valence-corrected chi connectivity index (χ2v) is 3.32. The standard InChI is InChI=1S/C6H6N2O2S/c9-4-3-8-1-2-11-6(8)7-5(4)10/h3,9H,1-2H2. The molecule has 5 heteroatoms. The minimum Gasteiger partial charge on any atom is -0.502 e. The minimum atomic E-state index is -0.536. The van der Waals surface area contributed by atoms with Crippen LogP contribution in [0.25, 0.3) is 0 Å². The van der Waals surface area contributed by atoms with Crippen molar-refractivity contribution in [2.45, 2.75) is 11.7 Å². The minimum absolute atomic E-state index is 0.267. The van der Waals surface area contributed by atoms with Gasteiger partial charge in [-0.15, -0.1) is 0 Å². The third-order valence-corrected chi connectivity index (χ3v) is 2.47. The fourth-order valence-corrected chi connectivity index (χ4v) is 1.90. The van der Waals surface area contributed by atoms with E-state index in [0.717, 1.165) is 12.3 Å².